The second kappa shape index (κ2) is 6.90. The van der Waals surface area contributed by atoms with Crippen LogP contribution in [0, 0.1) is 0 Å². The lowest BCUT2D eigenvalue weighted by Gasteiger charge is -2.09. The summed E-state index contributed by atoms with van der Waals surface area (Å²) in [5, 5.41) is 7.37. The summed E-state index contributed by atoms with van der Waals surface area (Å²) in [7, 11) is 0. The van der Waals surface area contributed by atoms with Crippen LogP contribution >= 0.6 is 23.2 Å². The van der Waals surface area contributed by atoms with Crippen LogP contribution in [0.5, 0.6) is 0 Å². The molecule has 8 heteroatoms. The van der Waals surface area contributed by atoms with Crippen molar-refractivity contribution in [3.8, 4) is 0 Å². The highest BCUT2D eigenvalue weighted by Gasteiger charge is 2.10. The van der Waals surface area contributed by atoms with E-state index in [-0.39, 0.29) is 11.6 Å². The largest absolute Gasteiger partial charge is 0.396 e. The number of anilines is 2. The smallest absolute Gasteiger partial charge is 0.255 e. The average Bonchev–Trinajstić information content (AvgIpc) is 3.06. The number of hydrogen-bond acceptors (Lipinski definition) is 4. The topological polar surface area (TPSA) is 85.8 Å². The van der Waals surface area contributed by atoms with Gasteiger partial charge in [-0.15, -0.1) is 0 Å². The average molecular weight is 362 g/mol. The predicted molar refractivity (Wildman–Crippen MR) is 94.4 cm³/mol. The maximum Gasteiger partial charge on any atom is 0.255 e. The van der Waals surface area contributed by atoms with Gasteiger partial charge in [0.05, 0.1) is 22.3 Å². The minimum Gasteiger partial charge on any atom is -0.396 e. The fourth-order valence-electron chi connectivity index (χ4n) is 2.12. The first-order chi connectivity index (χ1) is 11.5. The summed E-state index contributed by atoms with van der Waals surface area (Å²) in [6.45, 7) is 0.588. The van der Waals surface area contributed by atoms with Crippen molar-refractivity contribution in [2.45, 2.75) is 6.54 Å². The molecule has 1 amide bonds. The SMILES string of the molecule is Nc1c(Cl)cc(NC(=O)c2ccc(Cn3cncn3)cc2)cc1Cl. The van der Waals surface area contributed by atoms with E-state index in [2.05, 4.69) is 15.4 Å². The fraction of sp³-hybridized carbons (Fsp3) is 0.0625. The molecule has 0 bridgehead atoms. The van der Waals surface area contributed by atoms with Gasteiger partial charge in [0.1, 0.15) is 12.7 Å². The van der Waals surface area contributed by atoms with Crippen LogP contribution in [0.3, 0.4) is 0 Å². The molecule has 0 aliphatic rings. The number of carbonyl (C=O) groups excluding carboxylic acids is 1. The van der Waals surface area contributed by atoms with Gasteiger partial charge in [-0.05, 0) is 29.8 Å². The van der Waals surface area contributed by atoms with E-state index >= 15 is 0 Å². The molecule has 1 heterocycles. The lowest BCUT2D eigenvalue weighted by atomic mass is 10.1. The van der Waals surface area contributed by atoms with Crippen LogP contribution in [-0.4, -0.2) is 20.7 Å². The Labute approximate surface area is 148 Å². The number of aromatic nitrogens is 3. The summed E-state index contributed by atoms with van der Waals surface area (Å²) in [5.74, 6) is -0.265. The van der Waals surface area contributed by atoms with Crippen LogP contribution in [0.4, 0.5) is 11.4 Å². The Morgan fingerprint density at radius 2 is 1.83 bits per heavy atom. The Kier molecular flexibility index (Phi) is 4.69. The molecule has 2 aromatic carbocycles. The minimum absolute atomic E-state index is 0.265. The van der Waals surface area contributed by atoms with Crippen molar-refractivity contribution in [1.29, 1.82) is 0 Å². The van der Waals surface area contributed by atoms with E-state index in [0.29, 0.717) is 27.8 Å². The molecule has 0 spiro atoms. The number of benzene rings is 2. The van der Waals surface area contributed by atoms with E-state index < -0.39 is 0 Å². The first kappa shape index (κ1) is 16.3. The van der Waals surface area contributed by atoms with Gasteiger partial charge in [-0.3, -0.25) is 4.79 Å². The van der Waals surface area contributed by atoms with Crippen LogP contribution in [0.15, 0.2) is 49.1 Å². The van der Waals surface area contributed by atoms with Crippen molar-refractivity contribution in [2.75, 3.05) is 11.1 Å². The molecule has 24 heavy (non-hydrogen) atoms. The van der Waals surface area contributed by atoms with E-state index in [1.54, 1.807) is 35.3 Å². The summed E-state index contributed by atoms with van der Waals surface area (Å²) in [5.41, 5.74) is 7.97. The first-order valence-corrected chi connectivity index (χ1v) is 7.76. The molecule has 122 valence electrons. The minimum atomic E-state index is -0.265. The number of halogens is 2. The summed E-state index contributed by atoms with van der Waals surface area (Å²) < 4.78 is 1.70. The molecule has 0 saturated heterocycles. The molecule has 0 unspecified atom stereocenters. The molecule has 0 aliphatic heterocycles. The number of nitrogens with two attached hydrogens (primary N) is 1. The fourth-order valence-corrected chi connectivity index (χ4v) is 2.61. The molecule has 1 aromatic heterocycles. The van der Waals surface area contributed by atoms with Gasteiger partial charge in [-0.25, -0.2) is 9.67 Å². The number of nitrogen functional groups attached to an aromatic ring is 1. The predicted octanol–water partition coefficient (Wildman–Crippen LogP) is 3.47. The molecule has 6 nitrogen and oxygen atoms in total. The van der Waals surface area contributed by atoms with Gasteiger partial charge < -0.3 is 11.1 Å². The lowest BCUT2D eigenvalue weighted by molar-refractivity contribution is 0.102. The zero-order valence-corrected chi connectivity index (χ0v) is 13.9. The molecule has 0 fully saturated rings. The molecular weight excluding hydrogens is 349 g/mol. The number of hydrogen-bond donors (Lipinski definition) is 2. The number of nitrogens with zero attached hydrogens (tertiary/aromatic N) is 3. The van der Waals surface area contributed by atoms with Gasteiger partial charge in [0, 0.05) is 11.3 Å². The summed E-state index contributed by atoms with van der Waals surface area (Å²) in [6, 6.07) is 10.3. The zero-order valence-electron chi connectivity index (χ0n) is 12.4. The standard InChI is InChI=1S/C16H13Cl2N5O/c17-13-5-12(6-14(18)15(13)19)22-16(24)11-3-1-10(2-4-11)7-23-9-20-8-21-23/h1-6,8-9H,7,19H2,(H,22,24). The third kappa shape index (κ3) is 3.67. The number of amides is 1. The molecule has 0 aliphatic carbocycles. The molecule has 3 aromatic rings. The van der Waals surface area contributed by atoms with Crippen molar-refractivity contribution >= 4 is 40.5 Å². The molecule has 0 atom stereocenters. The van der Waals surface area contributed by atoms with Gasteiger partial charge in [-0.2, -0.15) is 5.10 Å². The van der Waals surface area contributed by atoms with Gasteiger partial charge in [0.2, 0.25) is 0 Å². The second-order valence-electron chi connectivity index (χ2n) is 5.10. The Morgan fingerprint density at radius 1 is 1.17 bits per heavy atom. The number of rotatable bonds is 4. The van der Waals surface area contributed by atoms with E-state index in [1.807, 2.05) is 12.1 Å². The van der Waals surface area contributed by atoms with Gasteiger partial charge in [0.25, 0.3) is 5.91 Å². The van der Waals surface area contributed by atoms with Crippen LogP contribution in [-0.2, 0) is 6.54 Å². The van der Waals surface area contributed by atoms with Gasteiger partial charge >= 0.3 is 0 Å². The Balaban J connectivity index is 1.71. The van der Waals surface area contributed by atoms with E-state index in [0.717, 1.165) is 5.56 Å². The van der Waals surface area contributed by atoms with Crippen LogP contribution in [0.25, 0.3) is 0 Å². The molecule has 3 N–H and O–H groups in total. The molecule has 0 radical (unpaired) electrons. The van der Waals surface area contributed by atoms with Crippen molar-refractivity contribution in [2.24, 2.45) is 0 Å². The molecular formula is C16H13Cl2N5O. The molecule has 3 rings (SSSR count). The van der Waals surface area contributed by atoms with E-state index in [4.69, 9.17) is 28.9 Å². The van der Waals surface area contributed by atoms with Crippen molar-refractivity contribution in [1.82, 2.24) is 14.8 Å². The number of carbonyl (C=O) groups is 1. The quantitative estimate of drug-likeness (QED) is 0.696. The van der Waals surface area contributed by atoms with Crippen molar-refractivity contribution in [3.63, 3.8) is 0 Å². The third-order valence-corrected chi connectivity index (χ3v) is 3.99. The highest BCUT2D eigenvalue weighted by atomic mass is 35.5. The van der Waals surface area contributed by atoms with Crippen LogP contribution < -0.4 is 11.1 Å². The zero-order chi connectivity index (χ0) is 17.1. The van der Waals surface area contributed by atoms with Gasteiger partial charge in [-0.1, -0.05) is 35.3 Å². The van der Waals surface area contributed by atoms with E-state index in [9.17, 15) is 4.79 Å². The lowest BCUT2D eigenvalue weighted by Crippen LogP contribution is -2.12. The third-order valence-electron chi connectivity index (χ3n) is 3.36. The molecule has 0 saturated carbocycles. The van der Waals surface area contributed by atoms with Crippen LogP contribution in [0.2, 0.25) is 10.0 Å². The number of nitrogens with one attached hydrogen (secondary N) is 1. The first-order valence-electron chi connectivity index (χ1n) is 7.00. The maximum absolute atomic E-state index is 12.3. The Bertz CT molecular complexity index is 840. The highest BCUT2D eigenvalue weighted by molar-refractivity contribution is 6.39. The second-order valence-corrected chi connectivity index (χ2v) is 5.91. The summed E-state index contributed by atoms with van der Waals surface area (Å²) >= 11 is 11.9. The summed E-state index contributed by atoms with van der Waals surface area (Å²) in [6.07, 6.45) is 3.11. The van der Waals surface area contributed by atoms with Crippen molar-refractivity contribution < 1.29 is 4.79 Å². The monoisotopic (exact) mass is 361 g/mol. The van der Waals surface area contributed by atoms with Gasteiger partial charge in [0.15, 0.2) is 0 Å². The Morgan fingerprint density at radius 3 is 2.42 bits per heavy atom. The maximum atomic E-state index is 12.3. The highest BCUT2D eigenvalue weighted by Crippen LogP contribution is 2.31. The van der Waals surface area contributed by atoms with E-state index in [1.165, 1.54) is 6.33 Å². The van der Waals surface area contributed by atoms with Crippen molar-refractivity contribution in [3.05, 3.63) is 70.2 Å². The normalized spacial score (nSPS) is 10.6. The Hall–Kier alpha value is -2.57. The summed E-state index contributed by atoms with van der Waals surface area (Å²) in [4.78, 5) is 16.2. The van der Waals surface area contributed by atoms with Crippen LogP contribution in [0.1, 0.15) is 15.9 Å².